The van der Waals surface area contributed by atoms with E-state index in [1.807, 2.05) is 6.07 Å². The van der Waals surface area contributed by atoms with E-state index in [9.17, 15) is 9.90 Å². The summed E-state index contributed by atoms with van der Waals surface area (Å²) in [5.74, 6) is 0.604. The average Bonchev–Trinajstić information content (AvgIpc) is 2.96. The van der Waals surface area contributed by atoms with Crippen LogP contribution in [0, 0.1) is 5.92 Å². The number of carbonyl (C=O) groups excluding carboxylic acids is 1. The zero-order valence-electron chi connectivity index (χ0n) is 10.8. The Morgan fingerprint density at radius 1 is 1.37 bits per heavy atom. The zero-order valence-corrected chi connectivity index (χ0v) is 11.5. The molecule has 1 aliphatic carbocycles. The topological polar surface area (TPSA) is 49.3 Å². The number of benzene rings is 1. The third-order valence-electron chi connectivity index (χ3n) is 4.24. The van der Waals surface area contributed by atoms with Crippen LogP contribution in [0.25, 0.3) is 0 Å². The molecule has 0 saturated heterocycles. The second-order valence-corrected chi connectivity index (χ2v) is 6.07. The number of aliphatic hydroxyl groups excluding tert-OH is 1. The second-order valence-electron chi connectivity index (χ2n) is 5.66. The van der Waals surface area contributed by atoms with E-state index in [1.54, 1.807) is 6.07 Å². The van der Waals surface area contributed by atoms with Crippen LogP contribution in [0.5, 0.6) is 0 Å². The van der Waals surface area contributed by atoms with E-state index >= 15 is 0 Å². The first-order valence-electron chi connectivity index (χ1n) is 6.93. The molecule has 1 aliphatic heterocycles. The van der Waals surface area contributed by atoms with Gasteiger partial charge in [-0.25, -0.2) is 0 Å². The quantitative estimate of drug-likeness (QED) is 0.890. The Morgan fingerprint density at radius 3 is 2.84 bits per heavy atom. The van der Waals surface area contributed by atoms with E-state index in [-0.39, 0.29) is 5.91 Å². The maximum absolute atomic E-state index is 11.4. The smallest absolute Gasteiger partial charge is 0.228 e. The first-order chi connectivity index (χ1) is 9.13. The van der Waals surface area contributed by atoms with Crippen molar-refractivity contribution >= 4 is 23.2 Å². The maximum atomic E-state index is 11.4. The number of carbonyl (C=O) groups is 1. The van der Waals surface area contributed by atoms with Gasteiger partial charge in [0.1, 0.15) is 0 Å². The van der Waals surface area contributed by atoms with E-state index in [0.717, 1.165) is 23.2 Å². The summed E-state index contributed by atoms with van der Waals surface area (Å²) in [4.78, 5) is 11.4. The molecule has 1 amide bonds. The Morgan fingerprint density at radius 2 is 2.11 bits per heavy atom. The van der Waals surface area contributed by atoms with E-state index in [1.165, 1.54) is 25.7 Å². The third-order valence-corrected chi connectivity index (χ3v) is 4.57. The number of nitrogens with one attached hydrogen (secondary N) is 1. The molecule has 0 radical (unpaired) electrons. The Kier molecular flexibility index (Phi) is 3.50. The average molecular weight is 280 g/mol. The number of rotatable bonds is 3. The van der Waals surface area contributed by atoms with Crippen molar-refractivity contribution in [1.82, 2.24) is 0 Å². The van der Waals surface area contributed by atoms with Gasteiger partial charge in [0.2, 0.25) is 5.91 Å². The summed E-state index contributed by atoms with van der Waals surface area (Å²) in [6, 6.07) is 3.64. The molecule has 0 aromatic heterocycles. The fourth-order valence-corrected chi connectivity index (χ4v) is 3.50. The molecule has 1 aromatic carbocycles. The molecule has 1 unspecified atom stereocenters. The van der Waals surface area contributed by atoms with Crippen molar-refractivity contribution < 1.29 is 9.90 Å². The van der Waals surface area contributed by atoms with Gasteiger partial charge >= 0.3 is 0 Å². The lowest BCUT2D eigenvalue weighted by atomic mass is 9.94. The Labute approximate surface area is 118 Å². The molecule has 19 heavy (non-hydrogen) atoms. The summed E-state index contributed by atoms with van der Waals surface area (Å²) in [5, 5.41) is 13.7. The number of anilines is 1. The molecule has 3 rings (SSSR count). The van der Waals surface area contributed by atoms with Gasteiger partial charge < -0.3 is 10.4 Å². The molecule has 0 spiro atoms. The van der Waals surface area contributed by atoms with Crippen molar-refractivity contribution in [2.45, 2.75) is 44.6 Å². The summed E-state index contributed by atoms with van der Waals surface area (Å²) in [5.41, 5.74) is 2.49. The molecule has 0 bridgehead atoms. The lowest BCUT2D eigenvalue weighted by Gasteiger charge is -2.17. The molecular formula is C15H18ClNO2. The summed E-state index contributed by atoms with van der Waals surface area (Å²) in [6.07, 6.45) is 5.60. The molecule has 3 nitrogen and oxygen atoms in total. The summed E-state index contributed by atoms with van der Waals surface area (Å²) >= 11 is 6.22. The molecule has 1 saturated carbocycles. The second kappa shape index (κ2) is 5.14. The SMILES string of the molecule is O=C1Cc2cc(C(O)CC3CCCC3)c(Cl)cc2N1. The summed E-state index contributed by atoms with van der Waals surface area (Å²) < 4.78 is 0. The van der Waals surface area contributed by atoms with E-state index in [2.05, 4.69) is 5.32 Å². The predicted octanol–water partition coefficient (Wildman–Crippen LogP) is 3.45. The fraction of sp³-hybridized carbons (Fsp3) is 0.533. The van der Waals surface area contributed by atoms with Gasteiger partial charge in [-0.05, 0) is 35.6 Å². The highest BCUT2D eigenvalue weighted by atomic mass is 35.5. The lowest BCUT2D eigenvalue weighted by molar-refractivity contribution is -0.115. The van der Waals surface area contributed by atoms with Crippen LogP contribution in [0.4, 0.5) is 5.69 Å². The van der Waals surface area contributed by atoms with Crippen LogP contribution in [0.2, 0.25) is 5.02 Å². The number of hydrogen-bond acceptors (Lipinski definition) is 2. The summed E-state index contributed by atoms with van der Waals surface area (Å²) in [7, 11) is 0. The Balaban J connectivity index is 1.80. The first-order valence-corrected chi connectivity index (χ1v) is 7.31. The van der Waals surface area contributed by atoms with Crippen molar-refractivity contribution in [1.29, 1.82) is 0 Å². The number of hydrogen-bond donors (Lipinski definition) is 2. The Bertz CT molecular complexity index is 509. The van der Waals surface area contributed by atoms with E-state index in [4.69, 9.17) is 11.6 Å². The van der Waals surface area contributed by atoms with Crippen molar-refractivity contribution in [3.8, 4) is 0 Å². The monoisotopic (exact) mass is 279 g/mol. The van der Waals surface area contributed by atoms with Gasteiger partial charge in [-0.3, -0.25) is 4.79 Å². The molecule has 1 heterocycles. The van der Waals surface area contributed by atoms with Crippen LogP contribution in [0.15, 0.2) is 12.1 Å². The van der Waals surface area contributed by atoms with E-state index in [0.29, 0.717) is 17.4 Å². The first kappa shape index (κ1) is 12.9. The Hall–Kier alpha value is -1.06. The minimum atomic E-state index is -0.517. The van der Waals surface area contributed by atoms with Crippen molar-refractivity contribution in [3.05, 3.63) is 28.3 Å². The summed E-state index contributed by atoms with van der Waals surface area (Å²) in [6.45, 7) is 0. The standard InChI is InChI=1S/C15H18ClNO2/c16-12-8-13-10(7-15(19)17-13)6-11(12)14(18)5-9-3-1-2-4-9/h6,8-9,14,18H,1-5,7H2,(H,17,19). The van der Waals surface area contributed by atoms with Gasteiger partial charge in [-0.1, -0.05) is 37.3 Å². The molecule has 2 N–H and O–H groups in total. The highest BCUT2D eigenvalue weighted by Crippen LogP contribution is 2.38. The highest BCUT2D eigenvalue weighted by molar-refractivity contribution is 6.32. The van der Waals surface area contributed by atoms with Crippen LogP contribution in [0.3, 0.4) is 0 Å². The number of aliphatic hydroxyl groups is 1. The van der Waals surface area contributed by atoms with Crippen LogP contribution < -0.4 is 5.32 Å². The molecule has 4 heteroatoms. The molecule has 2 aliphatic rings. The fourth-order valence-electron chi connectivity index (χ4n) is 3.21. The van der Waals surface area contributed by atoms with Gasteiger partial charge in [0, 0.05) is 10.7 Å². The van der Waals surface area contributed by atoms with Gasteiger partial charge in [0.15, 0.2) is 0 Å². The van der Waals surface area contributed by atoms with Crippen molar-refractivity contribution in [2.75, 3.05) is 5.32 Å². The maximum Gasteiger partial charge on any atom is 0.228 e. The molecule has 1 fully saturated rings. The predicted molar refractivity (Wildman–Crippen MR) is 75.3 cm³/mol. The largest absolute Gasteiger partial charge is 0.388 e. The highest BCUT2D eigenvalue weighted by Gasteiger charge is 2.24. The van der Waals surface area contributed by atoms with Gasteiger partial charge in [0.05, 0.1) is 12.5 Å². The normalized spacial score (nSPS) is 20.4. The number of fused-ring (bicyclic) bond motifs is 1. The lowest BCUT2D eigenvalue weighted by Crippen LogP contribution is -2.05. The molecular weight excluding hydrogens is 262 g/mol. The van der Waals surface area contributed by atoms with Gasteiger partial charge in [0.25, 0.3) is 0 Å². The van der Waals surface area contributed by atoms with Gasteiger partial charge in [-0.2, -0.15) is 0 Å². The minimum absolute atomic E-state index is 0.00602. The van der Waals surface area contributed by atoms with Crippen molar-refractivity contribution in [2.24, 2.45) is 5.92 Å². The number of halogens is 1. The van der Waals surface area contributed by atoms with Crippen LogP contribution in [0.1, 0.15) is 49.3 Å². The zero-order chi connectivity index (χ0) is 13.4. The van der Waals surface area contributed by atoms with Crippen LogP contribution in [-0.4, -0.2) is 11.0 Å². The van der Waals surface area contributed by atoms with E-state index < -0.39 is 6.10 Å². The van der Waals surface area contributed by atoms with Crippen LogP contribution >= 0.6 is 11.6 Å². The molecule has 1 atom stereocenters. The minimum Gasteiger partial charge on any atom is -0.388 e. The third kappa shape index (κ3) is 2.63. The molecule has 1 aromatic rings. The van der Waals surface area contributed by atoms with Crippen LogP contribution in [-0.2, 0) is 11.2 Å². The van der Waals surface area contributed by atoms with Gasteiger partial charge in [-0.15, -0.1) is 0 Å². The number of amides is 1. The van der Waals surface area contributed by atoms with Crippen molar-refractivity contribution in [3.63, 3.8) is 0 Å². The molecule has 102 valence electrons.